The predicted octanol–water partition coefficient (Wildman–Crippen LogP) is 1.75. The molecule has 0 saturated heterocycles. The smallest absolute Gasteiger partial charge is 0.254 e. The van der Waals surface area contributed by atoms with Crippen LogP contribution in [0.2, 0.25) is 0 Å². The Hall–Kier alpha value is -1.94. The molecule has 1 N–H and O–H groups in total. The minimum atomic E-state index is -0.118. The summed E-state index contributed by atoms with van der Waals surface area (Å²) in [6.45, 7) is 2.18. The number of allylic oxidation sites excluding steroid dienone is 1. The summed E-state index contributed by atoms with van der Waals surface area (Å²) in [7, 11) is 3.68. The molecule has 1 aromatic carbocycles. The molecule has 0 heterocycles. The molecule has 0 fully saturated rings. The monoisotopic (exact) mass is 245 g/mol. The second kappa shape index (κ2) is 7.40. The quantitative estimate of drug-likeness (QED) is 0.634. The van der Waals surface area contributed by atoms with Gasteiger partial charge in [-0.1, -0.05) is 36.4 Å². The van der Waals surface area contributed by atoms with Crippen molar-refractivity contribution >= 4 is 17.7 Å². The van der Waals surface area contributed by atoms with E-state index >= 15 is 0 Å². The zero-order valence-electron chi connectivity index (χ0n) is 11.1. The van der Waals surface area contributed by atoms with Crippen LogP contribution in [0.1, 0.15) is 12.5 Å². The maximum absolute atomic E-state index is 11.3. The summed E-state index contributed by atoms with van der Waals surface area (Å²) < 4.78 is 0. The SMILES string of the molecule is CC(/C=C\c1ccccc1)=N/NC(=O)CN(C)C. The summed E-state index contributed by atoms with van der Waals surface area (Å²) in [6.07, 6.45) is 3.82. The topological polar surface area (TPSA) is 44.7 Å². The van der Waals surface area contributed by atoms with Gasteiger partial charge in [0, 0.05) is 0 Å². The molecule has 1 rings (SSSR count). The molecule has 0 bridgehead atoms. The average molecular weight is 245 g/mol. The minimum Gasteiger partial charge on any atom is -0.301 e. The van der Waals surface area contributed by atoms with E-state index in [0.717, 1.165) is 11.3 Å². The molecular formula is C14H19N3O. The van der Waals surface area contributed by atoms with E-state index in [9.17, 15) is 4.79 Å². The van der Waals surface area contributed by atoms with Gasteiger partial charge in [0.15, 0.2) is 0 Å². The summed E-state index contributed by atoms with van der Waals surface area (Å²) in [5.74, 6) is -0.118. The van der Waals surface area contributed by atoms with Gasteiger partial charge in [0.25, 0.3) is 5.91 Å². The first kappa shape index (κ1) is 14.1. The lowest BCUT2D eigenvalue weighted by Crippen LogP contribution is -2.30. The van der Waals surface area contributed by atoms with Crippen molar-refractivity contribution in [1.29, 1.82) is 0 Å². The number of amides is 1. The lowest BCUT2D eigenvalue weighted by molar-refractivity contribution is -0.121. The second-order valence-corrected chi connectivity index (χ2v) is 4.27. The van der Waals surface area contributed by atoms with Crippen molar-refractivity contribution in [3.63, 3.8) is 0 Å². The molecule has 1 aromatic rings. The molecule has 0 atom stereocenters. The first-order valence-electron chi connectivity index (χ1n) is 5.79. The van der Waals surface area contributed by atoms with Gasteiger partial charge in [-0.3, -0.25) is 4.79 Å². The molecule has 0 aliphatic heterocycles. The fraction of sp³-hybridized carbons (Fsp3) is 0.286. The van der Waals surface area contributed by atoms with Crippen LogP contribution in [0.4, 0.5) is 0 Å². The van der Waals surface area contributed by atoms with E-state index in [1.807, 2.05) is 63.5 Å². The normalized spacial score (nSPS) is 12.1. The fourth-order valence-corrected chi connectivity index (χ4v) is 1.29. The van der Waals surface area contributed by atoms with E-state index in [1.54, 1.807) is 4.90 Å². The summed E-state index contributed by atoms with van der Waals surface area (Å²) in [6, 6.07) is 9.94. The molecule has 96 valence electrons. The Bertz CT molecular complexity index is 436. The number of hydrogen-bond acceptors (Lipinski definition) is 3. The molecule has 4 nitrogen and oxygen atoms in total. The first-order chi connectivity index (χ1) is 8.58. The lowest BCUT2D eigenvalue weighted by Gasteiger charge is -2.07. The molecule has 0 aromatic heterocycles. The van der Waals surface area contributed by atoms with Gasteiger partial charge in [-0.2, -0.15) is 5.10 Å². The van der Waals surface area contributed by atoms with Crippen LogP contribution in [0, 0.1) is 0 Å². The van der Waals surface area contributed by atoms with Gasteiger partial charge in [0.1, 0.15) is 0 Å². The fourth-order valence-electron chi connectivity index (χ4n) is 1.29. The first-order valence-corrected chi connectivity index (χ1v) is 5.79. The van der Waals surface area contributed by atoms with Crippen molar-refractivity contribution in [2.45, 2.75) is 6.92 Å². The Morgan fingerprint density at radius 3 is 2.61 bits per heavy atom. The third-order valence-corrected chi connectivity index (χ3v) is 2.13. The number of nitrogens with zero attached hydrogens (tertiary/aromatic N) is 2. The van der Waals surface area contributed by atoms with Gasteiger partial charge < -0.3 is 4.90 Å². The number of carbonyl (C=O) groups excluding carboxylic acids is 1. The number of nitrogens with one attached hydrogen (secondary N) is 1. The third-order valence-electron chi connectivity index (χ3n) is 2.13. The predicted molar refractivity (Wildman–Crippen MR) is 75.3 cm³/mol. The van der Waals surface area contributed by atoms with Crippen LogP contribution >= 0.6 is 0 Å². The van der Waals surface area contributed by atoms with Crippen LogP contribution in [-0.4, -0.2) is 37.2 Å². The molecule has 0 saturated carbocycles. The molecule has 0 radical (unpaired) electrons. The highest BCUT2D eigenvalue weighted by Crippen LogP contribution is 2.00. The Balaban J connectivity index is 2.47. The second-order valence-electron chi connectivity index (χ2n) is 4.27. The maximum atomic E-state index is 11.3. The van der Waals surface area contributed by atoms with Gasteiger partial charge in [0.2, 0.25) is 0 Å². The summed E-state index contributed by atoms with van der Waals surface area (Å²) in [5, 5.41) is 4.00. The van der Waals surface area contributed by atoms with Crippen LogP contribution in [-0.2, 0) is 4.79 Å². The van der Waals surface area contributed by atoms with E-state index in [2.05, 4.69) is 10.5 Å². The van der Waals surface area contributed by atoms with Crippen molar-refractivity contribution < 1.29 is 4.79 Å². The van der Waals surface area contributed by atoms with Gasteiger partial charge in [0.05, 0.1) is 12.3 Å². The molecule has 0 aliphatic rings. The summed E-state index contributed by atoms with van der Waals surface area (Å²) in [4.78, 5) is 13.1. The molecule has 0 unspecified atom stereocenters. The van der Waals surface area contributed by atoms with E-state index in [1.165, 1.54) is 0 Å². The summed E-state index contributed by atoms with van der Waals surface area (Å²) in [5.41, 5.74) is 4.37. The van der Waals surface area contributed by atoms with Crippen LogP contribution in [0.25, 0.3) is 6.08 Å². The zero-order valence-corrected chi connectivity index (χ0v) is 11.1. The van der Waals surface area contributed by atoms with Crippen LogP contribution < -0.4 is 5.43 Å². The van der Waals surface area contributed by atoms with Gasteiger partial charge in [-0.25, -0.2) is 5.43 Å². The Morgan fingerprint density at radius 2 is 2.00 bits per heavy atom. The van der Waals surface area contributed by atoms with Gasteiger partial charge >= 0.3 is 0 Å². The highest BCUT2D eigenvalue weighted by Gasteiger charge is 2.00. The van der Waals surface area contributed by atoms with Crippen LogP contribution in [0.15, 0.2) is 41.5 Å². The van der Waals surface area contributed by atoms with E-state index in [-0.39, 0.29) is 5.91 Å². The van der Waals surface area contributed by atoms with Crippen molar-refractivity contribution in [2.24, 2.45) is 5.10 Å². The van der Waals surface area contributed by atoms with Gasteiger partial charge in [-0.15, -0.1) is 0 Å². The van der Waals surface area contributed by atoms with Crippen molar-refractivity contribution in [2.75, 3.05) is 20.6 Å². The highest BCUT2D eigenvalue weighted by molar-refractivity contribution is 5.97. The lowest BCUT2D eigenvalue weighted by atomic mass is 10.2. The van der Waals surface area contributed by atoms with Crippen molar-refractivity contribution in [3.05, 3.63) is 42.0 Å². The van der Waals surface area contributed by atoms with Gasteiger partial charge in [-0.05, 0) is 32.7 Å². The number of carbonyl (C=O) groups is 1. The Kier molecular flexibility index (Phi) is 5.80. The Labute approximate surface area is 108 Å². The molecule has 1 amide bonds. The highest BCUT2D eigenvalue weighted by atomic mass is 16.2. The van der Waals surface area contributed by atoms with Crippen molar-refractivity contribution in [1.82, 2.24) is 10.3 Å². The minimum absolute atomic E-state index is 0.118. The number of likely N-dealkylation sites (N-methyl/N-ethyl adjacent to an activating group) is 1. The molecular weight excluding hydrogens is 226 g/mol. The number of hydrazone groups is 1. The Morgan fingerprint density at radius 1 is 1.33 bits per heavy atom. The van der Waals surface area contributed by atoms with E-state index in [0.29, 0.717) is 6.54 Å². The maximum Gasteiger partial charge on any atom is 0.254 e. The molecule has 0 aliphatic carbocycles. The standard InChI is InChI=1S/C14H19N3O/c1-12(15-16-14(18)11-17(2)3)9-10-13-7-5-4-6-8-13/h4-10H,11H2,1-3H3,(H,16,18)/b10-9-,15-12-. The number of hydrogen-bond donors (Lipinski definition) is 1. The molecule has 18 heavy (non-hydrogen) atoms. The van der Waals surface area contributed by atoms with Crippen molar-refractivity contribution in [3.8, 4) is 0 Å². The molecule has 0 spiro atoms. The van der Waals surface area contributed by atoms with Crippen LogP contribution in [0.3, 0.4) is 0 Å². The van der Waals surface area contributed by atoms with E-state index in [4.69, 9.17) is 0 Å². The summed E-state index contributed by atoms with van der Waals surface area (Å²) >= 11 is 0. The number of benzene rings is 1. The number of rotatable bonds is 5. The van der Waals surface area contributed by atoms with Crippen LogP contribution in [0.5, 0.6) is 0 Å². The third kappa shape index (κ3) is 5.96. The van der Waals surface area contributed by atoms with E-state index < -0.39 is 0 Å². The average Bonchev–Trinajstić information content (AvgIpc) is 2.34. The largest absolute Gasteiger partial charge is 0.301 e. The zero-order chi connectivity index (χ0) is 13.4. The molecule has 4 heteroatoms.